The number of nitrogens with one attached hydrogen (secondary N) is 1. The van der Waals surface area contributed by atoms with E-state index in [1.807, 2.05) is 31.2 Å². The number of ether oxygens (including phenoxy) is 2. The third kappa shape index (κ3) is 3.61. The second-order valence-corrected chi connectivity index (χ2v) is 9.56. The summed E-state index contributed by atoms with van der Waals surface area (Å²) >= 11 is 13.6. The van der Waals surface area contributed by atoms with Crippen molar-refractivity contribution in [1.82, 2.24) is 0 Å². The second-order valence-electron chi connectivity index (χ2n) is 6.85. The first kappa shape index (κ1) is 21.0. The fourth-order valence-electron chi connectivity index (χ4n) is 3.02. The van der Waals surface area contributed by atoms with Gasteiger partial charge in [-0.25, -0.2) is 4.79 Å². The maximum Gasteiger partial charge on any atom is 0.341 e. The SMILES string of the molecule is CCOC(=O)c1c(NC(=O)[C@@]2(C)CC2(Cl)Cl)sc(C)c1-c1ccc(OC)cc1. The molecule has 1 heterocycles. The summed E-state index contributed by atoms with van der Waals surface area (Å²) in [4.78, 5) is 26.4. The molecule has 3 rings (SSSR count). The van der Waals surface area contributed by atoms with Crippen LogP contribution < -0.4 is 10.1 Å². The van der Waals surface area contributed by atoms with E-state index in [4.69, 9.17) is 32.7 Å². The third-order valence-corrected chi connectivity index (χ3v) is 7.05. The van der Waals surface area contributed by atoms with Crippen LogP contribution >= 0.6 is 34.5 Å². The topological polar surface area (TPSA) is 64.6 Å². The Hall–Kier alpha value is -1.76. The molecule has 1 fully saturated rings. The Kier molecular flexibility index (Phi) is 5.67. The van der Waals surface area contributed by atoms with Gasteiger partial charge in [-0.2, -0.15) is 0 Å². The lowest BCUT2D eigenvalue weighted by Crippen LogP contribution is -2.26. The van der Waals surface area contributed by atoms with Crippen LogP contribution in [0.1, 0.15) is 35.5 Å². The van der Waals surface area contributed by atoms with E-state index >= 15 is 0 Å². The van der Waals surface area contributed by atoms with Gasteiger partial charge < -0.3 is 14.8 Å². The number of carbonyl (C=O) groups is 2. The van der Waals surface area contributed by atoms with Gasteiger partial charge >= 0.3 is 5.97 Å². The molecule has 0 aliphatic heterocycles. The van der Waals surface area contributed by atoms with Gasteiger partial charge in [0.15, 0.2) is 0 Å². The highest BCUT2D eigenvalue weighted by Gasteiger charge is 2.68. The number of carbonyl (C=O) groups excluding carboxylic acids is 2. The number of benzene rings is 1. The molecule has 0 bridgehead atoms. The average Bonchev–Trinajstić information content (AvgIpc) is 3.01. The number of hydrogen-bond donors (Lipinski definition) is 1. The van der Waals surface area contributed by atoms with Gasteiger partial charge in [0.25, 0.3) is 0 Å². The number of amides is 1. The second kappa shape index (κ2) is 7.58. The number of methoxy groups -OCH3 is 1. The maximum atomic E-state index is 12.7. The molecule has 1 aliphatic carbocycles. The summed E-state index contributed by atoms with van der Waals surface area (Å²) < 4.78 is 9.36. The summed E-state index contributed by atoms with van der Waals surface area (Å²) in [6.07, 6.45) is 0.360. The molecule has 28 heavy (non-hydrogen) atoms. The molecule has 0 spiro atoms. The van der Waals surface area contributed by atoms with Crippen LogP contribution in [0.2, 0.25) is 0 Å². The van der Waals surface area contributed by atoms with Crippen LogP contribution in [0, 0.1) is 12.3 Å². The van der Waals surface area contributed by atoms with Crippen LogP contribution in [0.4, 0.5) is 5.00 Å². The first-order valence-electron chi connectivity index (χ1n) is 8.79. The molecule has 8 heteroatoms. The van der Waals surface area contributed by atoms with Gasteiger partial charge in [0, 0.05) is 10.4 Å². The highest BCUT2D eigenvalue weighted by Crippen LogP contribution is 2.64. The predicted molar refractivity (Wildman–Crippen MR) is 113 cm³/mol. The number of esters is 1. The fourth-order valence-corrected chi connectivity index (χ4v) is 4.79. The van der Waals surface area contributed by atoms with Crippen molar-refractivity contribution in [3.63, 3.8) is 0 Å². The van der Waals surface area contributed by atoms with E-state index in [1.165, 1.54) is 11.3 Å². The normalized spacial score (nSPS) is 19.8. The molecular weight excluding hydrogens is 421 g/mol. The molecule has 1 aromatic heterocycles. The monoisotopic (exact) mass is 441 g/mol. The summed E-state index contributed by atoms with van der Waals surface area (Å²) in [6, 6.07) is 7.38. The molecule has 0 unspecified atom stereocenters. The zero-order valence-corrected chi connectivity index (χ0v) is 18.3. The van der Waals surface area contributed by atoms with Crippen molar-refractivity contribution in [3.8, 4) is 16.9 Å². The maximum absolute atomic E-state index is 12.7. The number of rotatable bonds is 6. The van der Waals surface area contributed by atoms with E-state index in [2.05, 4.69) is 5.32 Å². The van der Waals surface area contributed by atoms with Crippen molar-refractivity contribution in [2.24, 2.45) is 5.41 Å². The number of aryl methyl sites for hydroxylation is 1. The summed E-state index contributed by atoms with van der Waals surface area (Å²) in [5, 5.41) is 3.28. The Morgan fingerprint density at radius 1 is 1.25 bits per heavy atom. The Morgan fingerprint density at radius 3 is 2.36 bits per heavy atom. The molecule has 1 amide bonds. The van der Waals surface area contributed by atoms with E-state index < -0.39 is 15.7 Å². The first-order chi connectivity index (χ1) is 13.1. The highest BCUT2D eigenvalue weighted by atomic mass is 35.5. The number of anilines is 1. The zero-order valence-electron chi connectivity index (χ0n) is 16.0. The van der Waals surface area contributed by atoms with E-state index in [0.29, 0.717) is 22.7 Å². The van der Waals surface area contributed by atoms with Crippen LogP contribution in [0.5, 0.6) is 5.75 Å². The van der Waals surface area contributed by atoms with Gasteiger partial charge in [-0.15, -0.1) is 34.5 Å². The Bertz CT molecular complexity index is 923. The number of alkyl halides is 2. The lowest BCUT2D eigenvalue weighted by Gasteiger charge is -2.13. The predicted octanol–water partition coefficient (Wildman–Crippen LogP) is 5.43. The van der Waals surface area contributed by atoms with Gasteiger partial charge in [0.1, 0.15) is 20.6 Å². The molecule has 5 nitrogen and oxygen atoms in total. The van der Waals surface area contributed by atoms with Gasteiger partial charge in [-0.3, -0.25) is 4.79 Å². The first-order valence-corrected chi connectivity index (χ1v) is 10.4. The highest BCUT2D eigenvalue weighted by molar-refractivity contribution is 7.17. The fraction of sp³-hybridized carbons (Fsp3) is 0.400. The van der Waals surface area contributed by atoms with Crippen molar-refractivity contribution in [2.45, 2.75) is 31.5 Å². The van der Waals surface area contributed by atoms with Crippen LogP contribution in [0.15, 0.2) is 24.3 Å². The molecule has 150 valence electrons. The van der Waals surface area contributed by atoms with Crippen molar-refractivity contribution in [1.29, 1.82) is 0 Å². The number of halogens is 2. The van der Waals surface area contributed by atoms with Crippen molar-refractivity contribution < 1.29 is 19.1 Å². The molecule has 1 aromatic carbocycles. The lowest BCUT2D eigenvalue weighted by molar-refractivity contribution is -0.120. The smallest absolute Gasteiger partial charge is 0.341 e. The summed E-state index contributed by atoms with van der Waals surface area (Å²) in [5.74, 6) is -0.0902. The standard InChI is InChI=1S/C20H21Cl2NO4S/c1-5-27-17(24)15-14(12-6-8-13(26-4)9-7-12)11(2)28-16(15)23-18(25)19(3)10-20(19,21)22/h6-9H,5,10H2,1-4H3,(H,23,25)/t19-/m1/s1. The molecule has 1 saturated carbocycles. The summed E-state index contributed by atoms with van der Waals surface area (Å²) in [6.45, 7) is 5.57. The Morgan fingerprint density at radius 2 is 1.86 bits per heavy atom. The van der Waals surface area contributed by atoms with Crippen LogP contribution in [-0.2, 0) is 9.53 Å². The molecule has 0 radical (unpaired) electrons. The zero-order chi connectivity index (χ0) is 20.7. The Balaban J connectivity index is 2.03. The van der Waals surface area contributed by atoms with Crippen molar-refractivity contribution >= 4 is 51.4 Å². The lowest BCUT2D eigenvalue weighted by atomic mass is 10.0. The molecular formula is C20H21Cl2NO4S. The van der Waals surface area contributed by atoms with Gasteiger partial charge in [-0.05, 0) is 44.9 Å². The van der Waals surface area contributed by atoms with Crippen molar-refractivity contribution in [3.05, 3.63) is 34.7 Å². The number of hydrogen-bond acceptors (Lipinski definition) is 5. The van der Waals surface area contributed by atoms with E-state index in [0.717, 1.165) is 16.0 Å². The quantitative estimate of drug-likeness (QED) is 0.479. The van der Waals surface area contributed by atoms with E-state index in [1.54, 1.807) is 21.0 Å². The van der Waals surface area contributed by atoms with Crippen LogP contribution in [-0.4, -0.2) is 29.9 Å². The summed E-state index contributed by atoms with van der Waals surface area (Å²) in [5.41, 5.74) is 1.01. The minimum absolute atomic E-state index is 0.230. The van der Waals surface area contributed by atoms with Crippen LogP contribution in [0.3, 0.4) is 0 Å². The van der Waals surface area contributed by atoms with E-state index in [-0.39, 0.29) is 12.5 Å². The molecule has 0 saturated heterocycles. The molecule has 1 N–H and O–H groups in total. The van der Waals surface area contributed by atoms with Crippen LogP contribution in [0.25, 0.3) is 11.1 Å². The van der Waals surface area contributed by atoms with Gasteiger partial charge in [0.2, 0.25) is 5.91 Å². The average molecular weight is 442 g/mol. The molecule has 2 aromatic rings. The van der Waals surface area contributed by atoms with E-state index in [9.17, 15) is 9.59 Å². The van der Waals surface area contributed by atoms with Crippen molar-refractivity contribution in [2.75, 3.05) is 19.0 Å². The third-order valence-electron chi connectivity index (χ3n) is 4.93. The van der Waals surface area contributed by atoms with Gasteiger partial charge in [-0.1, -0.05) is 12.1 Å². The largest absolute Gasteiger partial charge is 0.497 e. The minimum atomic E-state index is -1.09. The summed E-state index contributed by atoms with van der Waals surface area (Å²) in [7, 11) is 1.59. The molecule has 1 atom stereocenters. The van der Waals surface area contributed by atoms with Gasteiger partial charge in [0.05, 0.1) is 19.1 Å². The Labute approximate surface area is 177 Å². The minimum Gasteiger partial charge on any atom is -0.497 e. The number of thiophene rings is 1. The molecule has 1 aliphatic rings.